The van der Waals surface area contributed by atoms with Crippen molar-refractivity contribution in [3.05, 3.63) is 100 Å². The Balaban J connectivity index is 1.83. The molecule has 3 aromatic carbocycles. The minimum Gasteiger partial charge on any atom is -0.358 e. The highest BCUT2D eigenvalue weighted by atomic mass is 35.5. The lowest BCUT2D eigenvalue weighted by atomic mass is 9.92. The number of fused-ring (bicyclic) bond motifs is 1. The third-order valence-electron chi connectivity index (χ3n) is 5.66. The molecular formula is C27H24ClF3N2O. The molecular weight excluding hydrogens is 461 g/mol. The highest BCUT2D eigenvalue weighted by molar-refractivity contribution is 6.30. The van der Waals surface area contributed by atoms with Crippen LogP contribution >= 0.6 is 11.6 Å². The van der Waals surface area contributed by atoms with Crippen molar-refractivity contribution in [2.75, 3.05) is 4.90 Å². The number of alkyl halides is 3. The molecule has 0 bridgehead atoms. The van der Waals surface area contributed by atoms with Crippen LogP contribution in [0.15, 0.2) is 72.8 Å². The second kappa shape index (κ2) is 8.84. The Morgan fingerprint density at radius 2 is 1.68 bits per heavy atom. The number of aromatic amines is 1. The molecule has 0 saturated heterocycles. The average Bonchev–Trinajstić information content (AvgIpc) is 3.21. The third-order valence-corrected chi connectivity index (χ3v) is 5.90. The average molecular weight is 485 g/mol. The number of nitrogens with zero attached hydrogens (tertiary/aromatic N) is 1. The minimum absolute atomic E-state index is 0.0631. The van der Waals surface area contributed by atoms with Gasteiger partial charge < -0.3 is 9.88 Å². The Morgan fingerprint density at radius 1 is 0.941 bits per heavy atom. The highest BCUT2D eigenvalue weighted by Gasteiger charge is 2.36. The van der Waals surface area contributed by atoms with Gasteiger partial charge in [0.15, 0.2) is 0 Å². The van der Waals surface area contributed by atoms with Gasteiger partial charge in [-0.1, -0.05) is 56.6 Å². The molecule has 1 aromatic heterocycles. The lowest BCUT2D eigenvalue weighted by Crippen LogP contribution is -2.32. The number of H-pyrrole nitrogens is 1. The van der Waals surface area contributed by atoms with Crippen LogP contribution in [-0.2, 0) is 18.1 Å². The molecule has 0 radical (unpaired) electrons. The lowest BCUT2D eigenvalue weighted by Gasteiger charge is -2.25. The predicted molar refractivity (Wildman–Crippen MR) is 130 cm³/mol. The molecule has 4 rings (SSSR count). The molecule has 176 valence electrons. The number of anilines is 1. The first kappa shape index (κ1) is 23.9. The van der Waals surface area contributed by atoms with Gasteiger partial charge in [-0.15, -0.1) is 0 Å². The van der Waals surface area contributed by atoms with Crippen LogP contribution in [0.5, 0.6) is 0 Å². The van der Waals surface area contributed by atoms with Crippen molar-refractivity contribution in [2.24, 2.45) is 0 Å². The molecule has 1 amide bonds. The first-order chi connectivity index (χ1) is 15.9. The molecule has 1 N–H and O–H groups in total. The monoisotopic (exact) mass is 484 g/mol. The maximum atomic E-state index is 13.7. The second-order valence-electron chi connectivity index (χ2n) is 9.27. The molecule has 0 saturated carbocycles. The number of halogens is 4. The van der Waals surface area contributed by atoms with Crippen molar-refractivity contribution in [1.82, 2.24) is 4.98 Å². The third kappa shape index (κ3) is 4.97. The van der Waals surface area contributed by atoms with E-state index in [1.54, 1.807) is 30.3 Å². The SMILES string of the molecule is CC(C)(C)c1cc2cc(N(Cc3cccc(Cl)c3)C(=O)c3ccccc3C(F)(F)F)ccc2[nH]1. The van der Waals surface area contributed by atoms with Crippen molar-refractivity contribution in [3.8, 4) is 0 Å². The van der Waals surface area contributed by atoms with E-state index in [-0.39, 0.29) is 12.0 Å². The topological polar surface area (TPSA) is 36.1 Å². The maximum Gasteiger partial charge on any atom is 0.417 e. The van der Waals surface area contributed by atoms with Crippen molar-refractivity contribution in [1.29, 1.82) is 0 Å². The van der Waals surface area contributed by atoms with E-state index in [1.807, 2.05) is 18.2 Å². The summed E-state index contributed by atoms with van der Waals surface area (Å²) in [5, 5.41) is 1.35. The molecule has 0 unspecified atom stereocenters. The molecule has 0 spiro atoms. The Morgan fingerprint density at radius 3 is 2.35 bits per heavy atom. The van der Waals surface area contributed by atoms with Crippen LogP contribution in [0, 0.1) is 0 Å². The Kier molecular flexibility index (Phi) is 6.21. The van der Waals surface area contributed by atoms with E-state index >= 15 is 0 Å². The van der Waals surface area contributed by atoms with Crippen LogP contribution in [-0.4, -0.2) is 10.9 Å². The number of nitrogens with one attached hydrogen (secondary N) is 1. The van der Waals surface area contributed by atoms with Crippen molar-refractivity contribution < 1.29 is 18.0 Å². The maximum absolute atomic E-state index is 13.7. The number of amides is 1. The van der Waals surface area contributed by atoms with E-state index in [1.165, 1.54) is 23.1 Å². The quantitative estimate of drug-likeness (QED) is 0.313. The van der Waals surface area contributed by atoms with E-state index in [4.69, 9.17) is 11.6 Å². The fourth-order valence-corrected chi connectivity index (χ4v) is 4.07. The van der Waals surface area contributed by atoms with Crippen LogP contribution in [0.1, 0.15) is 48.0 Å². The fraction of sp³-hybridized carbons (Fsp3) is 0.222. The molecule has 0 aliphatic carbocycles. The summed E-state index contributed by atoms with van der Waals surface area (Å²) in [5.74, 6) is -0.737. The molecule has 3 nitrogen and oxygen atoms in total. The van der Waals surface area contributed by atoms with Crippen LogP contribution in [0.2, 0.25) is 5.02 Å². The van der Waals surface area contributed by atoms with Gasteiger partial charge in [-0.3, -0.25) is 4.79 Å². The highest BCUT2D eigenvalue weighted by Crippen LogP contribution is 2.34. The molecule has 1 heterocycles. The molecule has 7 heteroatoms. The zero-order valence-corrected chi connectivity index (χ0v) is 19.8. The van der Waals surface area contributed by atoms with E-state index < -0.39 is 23.2 Å². The Hall–Kier alpha value is -3.25. The largest absolute Gasteiger partial charge is 0.417 e. The zero-order valence-electron chi connectivity index (χ0n) is 19.0. The van der Waals surface area contributed by atoms with Gasteiger partial charge in [0.25, 0.3) is 5.91 Å². The Labute approximate surface area is 201 Å². The van der Waals surface area contributed by atoms with Gasteiger partial charge in [0, 0.05) is 32.7 Å². The number of aromatic nitrogens is 1. The standard InChI is InChI=1S/C27H24ClF3N2O/c1-26(2,3)24-15-18-14-20(11-12-23(18)32-24)33(16-17-7-6-8-19(28)13-17)25(34)21-9-4-5-10-22(21)27(29,30)31/h4-15,32H,16H2,1-3H3. The number of hydrogen-bond donors (Lipinski definition) is 1. The van der Waals surface area contributed by atoms with Crippen molar-refractivity contribution in [2.45, 2.75) is 38.9 Å². The number of carbonyl (C=O) groups is 1. The summed E-state index contributed by atoms with van der Waals surface area (Å²) in [5.41, 5.74) is 1.63. The minimum atomic E-state index is -4.65. The normalized spacial score (nSPS) is 12.2. The van der Waals surface area contributed by atoms with Crippen LogP contribution in [0.3, 0.4) is 0 Å². The summed E-state index contributed by atoms with van der Waals surface area (Å²) in [7, 11) is 0. The van der Waals surface area contributed by atoms with Gasteiger partial charge >= 0.3 is 6.18 Å². The van der Waals surface area contributed by atoms with Crippen molar-refractivity contribution in [3.63, 3.8) is 0 Å². The first-order valence-corrected chi connectivity index (χ1v) is 11.2. The number of rotatable bonds is 4. The van der Waals surface area contributed by atoms with Crippen LogP contribution in [0.4, 0.5) is 18.9 Å². The lowest BCUT2D eigenvalue weighted by molar-refractivity contribution is -0.137. The van der Waals surface area contributed by atoms with Crippen LogP contribution < -0.4 is 4.90 Å². The van der Waals surface area contributed by atoms with Crippen LogP contribution in [0.25, 0.3) is 10.9 Å². The van der Waals surface area contributed by atoms with Gasteiger partial charge in [-0.25, -0.2) is 0 Å². The summed E-state index contributed by atoms with van der Waals surface area (Å²) < 4.78 is 41.1. The number of hydrogen-bond acceptors (Lipinski definition) is 1. The predicted octanol–water partition coefficient (Wildman–Crippen LogP) is 7.98. The zero-order chi connectivity index (χ0) is 24.7. The summed E-state index contributed by atoms with van der Waals surface area (Å²) in [6.45, 7) is 6.32. The number of carbonyl (C=O) groups excluding carboxylic acids is 1. The first-order valence-electron chi connectivity index (χ1n) is 10.8. The fourth-order valence-electron chi connectivity index (χ4n) is 3.85. The van der Waals surface area contributed by atoms with Gasteiger partial charge in [-0.05, 0) is 54.1 Å². The molecule has 0 aliphatic rings. The Bertz CT molecular complexity index is 1350. The summed E-state index contributed by atoms with van der Waals surface area (Å²) in [4.78, 5) is 18.3. The van der Waals surface area contributed by atoms with E-state index in [9.17, 15) is 18.0 Å². The molecule has 0 fully saturated rings. The molecule has 0 aliphatic heterocycles. The summed E-state index contributed by atoms with van der Waals surface area (Å²) >= 11 is 6.12. The summed E-state index contributed by atoms with van der Waals surface area (Å²) in [6.07, 6.45) is -4.65. The van der Waals surface area contributed by atoms with Crippen molar-refractivity contribution >= 4 is 34.1 Å². The molecule has 4 aromatic rings. The second-order valence-corrected chi connectivity index (χ2v) is 9.71. The van der Waals surface area contributed by atoms with E-state index in [0.717, 1.165) is 22.7 Å². The van der Waals surface area contributed by atoms with Gasteiger partial charge in [0.2, 0.25) is 0 Å². The molecule has 34 heavy (non-hydrogen) atoms. The van der Waals surface area contributed by atoms with Gasteiger partial charge in [-0.2, -0.15) is 13.2 Å². The van der Waals surface area contributed by atoms with E-state index in [0.29, 0.717) is 16.3 Å². The van der Waals surface area contributed by atoms with Gasteiger partial charge in [0.05, 0.1) is 17.7 Å². The van der Waals surface area contributed by atoms with E-state index in [2.05, 4.69) is 25.8 Å². The molecule has 0 atom stereocenters. The number of benzene rings is 3. The smallest absolute Gasteiger partial charge is 0.358 e. The summed E-state index contributed by atoms with van der Waals surface area (Å²) in [6, 6.07) is 19.2. The van der Waals surface area contributed by atoms with Gasteiger partial charge in [0.1, 0.15) is 0 Å².